The van der Waals surface area contributed by atoms with E-state index in [9.17, 15) is 4.79 Å². The third kappa shape index (κ3) is 3.50. The van der Waals surface area contributed by atoms with Gasteiger partial charge in [0, 0.05) is 43.5 Å². The van der Waals surface area contributed by atoms with Gasteiger partial charge in [0.05, 0.1) is 30.1 Å². The highest BCUT2D eigenvalue weighted by molar-refractivity contribution is 5.76. The number of carbonyl (C=O) groups is 1. The van der Waals surface area contributed by atoms with Gasteiger partial charge in [0.1, 0.15) is 0 Å². The summed E-state index contributed by atoms with van der Waals surface area (Å²) >= 11 is 0. The minimum atomic E-state index is -0.278. The van der Waals surface area contributed by atoms with Crippen molar-refractivity contribution < 1.29 is 4.79 Å². The zero-order chi connectivity index (χ0) is 20.7. The van der Waals surface area contributed by atoms with Gasteiger partial charge in [0.2, 0.25) is 11.9 Å². The van der Waals surface area contributed by atoms with Gasteiger partial charge >= 0.3 is 0 Å². The van der Waals surface area contributed by atoms with Crippen molar-refractivity contribution >= 4 is 23.1 Å². The van der Waals surface area contributed by atoms with Gasteiger partial charge in [-0.2, -0.15) is 5.10 Å². The second-order valence-corrected chi connectivity index (χ2v) is 7.64. The number of benzene rings is 1. The van der Waals surface area contributed by atoms with Gasteiger partial charge in [0.15, 0.2) is 0 Å². The normalized spacial score (nSPS) is 14.7. The summed E-state index contributed by atoms with van der Waals surface area (Å²) in [4.78, 5) is 17.5. The zero-order valence-corrected chi connectivity index (χ0v) is 16.6. The number of aromatic nitrogens is 5. The van der Waals surface area contributed by atoms with Crippen molar-refractivity contribution in [3.63, 3.8) is 0 Å². The SMILES string of the molecule is Cn1cc(-c2ccc3cnc(Nc4ccc(C5CN(CC(N)=O)C5)cc4)nn23)cn1. The average Bonchev–Trinajstić information content (AvgIpc) is 3.30. The van der Waals surface area contributed by atoms with E-state index in [1.807, 2.05) is 48.2 Å². The van der Waals surface area contributed by atoms with Crippen LogP contribution in [-0.4, -0.2) is 54.8 Å². The van der Waals surface area contributed by atoms with E-state index in [2.05, 4.69) is 37.5 Å². The van der Waals surface area contributed by atoms with E-state index < -0.39 is 0 Å². The Bertz CT molecular complexity index is 1200. The number of hydrogen-bond acceptors (Lipinski definition) is 6. The van der Waals surface area contributed by atoms with E-state index in [4.69, 9.17) is 5.73 Å². The molecule has 9 heteroatoms. The number of aryl methyl sites for hydroxylation is 1. The van der Waals surface area contributed by atoms with Crippen molar-refractivity contribution in [3.05, 3.63) is 60.6 Å². The Morgan fingerprint density at radius 2 is 1.97 bits per heavy atom. The standard InChI is InChI=1S/C21H22N8O/c1-27-10-15(8-24-27)19-7-6-18-9-23-21(26-29(18)19)25-17-4-2-14(3-5-17)16-11-28(12-16)13-20(22)30/h2-10,16H,11-13H2,1H3,(H2,22,30)(H,25,26). The Hall–Kier alpha value is -3.72. The first-order valence-corrected chi connectivity index (χ1v) is 9.76. The van der Waals surface area contributed by atoms with Crippen LogP contribution < -0.4 is 11.1 Å². The van der Waals surface area contributed by atoms with E-state index >= 15 is 0 Å². The second kappa shape index (κ2) is 7.27. The first kappa shape index (κ1) is 18.3. The monoisotopic (exact) mass is 402 g/mol. The Kier molecular flexibility index (Phi) is 4.44. The number of primary amides is 1. The molecule has 1 fully saturated rings. The fourth-order valence-electron chi connectivity index (χ4n) is 3.83. The highest BCUT2D eigenvalue weighted by Crippen LogP contribution is 2.28. The van der Waals surface area contributed by atoms with Crippen molar-refractivity contribution in [3.8, 4) is 11.3 Å². The zero-order valence-electron chi connectivity index (χ0n) is 16.6. The lowest BCUT2D eigenvalue weighted by molar-refractivity contribution is -0.120. The maximum absolute atomic E-state index is 11.0. The van der Waals surface area contributed by atoms with Crippen LogP contribution in [0, 0.1) is 0 Å². The van der Waals surface area contributed by atoms with Crippen molar-refractivity contribution in [1.82, 2.24) is 29.3 Å². The summed E-state index contributed by atoms with van der Waals surface area (Å²) in [7, 11) is 1.89. The minimum absolute atomic E-state index is 0.278. The molecule has 3 aromatic heterocycles. The third-order valence-corrected chi connectivity index (χ3v) is 5.37. The number of rotatable bonds is 6. The highest BCUT2D eigenvalue weighted by Gasteiger charge is 2.28. The number of hydrogen-bond donors (Lipinski definition) is 2. The maximum Gasteiger partial charge on any atom is 0.245 e. The van der Waals surface area contributed by atoms with Crippen LogP contribution in [0.2, 0.25) is 0 Å². The largest absolute Gasteiger partial charge is 0.369 e. The molecule has 4 aromatic rings. The van der Waals surface area contributed by atoms with Crippen LogP contribution in [0.5, 0.6) is 0 Å². The summed E-state index contributed by atoms with van der Waals surface area (Å²) in [5.74, 6) is 0.681. The lowest BCUT2D eigenvalue weighted by Gasteiger charge is -2.38. The van der Waals surface area contributed by atoms with Crippen LogP contribution in [-0.2, 0) is 11.8 Å². The predicted molar refractivity (Wildman–Crippen MR) is 113 cm³/mol. The van der Waals surface area contributed by atoms with Gasteiger partial charge in [0.25, 0.3) is 0 Å². The molecule has 4 heterocycles. The van der Waals surface area contributed by atoms with E-state index in [1.165, 1.54) is 5.56 Å². The molecule has 5 rings (SSSR count). The molecule has 3 N–H and O–H groups in total. The van der Waals surface area contributed by atoms with E-state index in [-0.39, 0.29) is 5.91 Å². The van der Waals surface area contributed by atoms with Gasteiger partial charge in [-0.05, 0) is 29.8 Å². The summed E-state index contributed by atoms with van der Waals surface area (Å²) in [6.45, 7) is 2.05. The number of carbonyl (C=O) groups excluding carboxylic acids is 1. The molecular weight excluding hydrogens is 380 g/mol. The van der Waals surface area contributed by atoms with E-state index in [1.54, 1.807) is 10.9 Å². The fourth-order valence-corrected chi connectivity index (χ4v) is 3.83. The van der Waals surface area contributed by atoms with E-state index in [0.717, 1.165) is 35.6 Å². The van der Waals surface area contributed by atoms with Crippen LogP contribution in [0.15, 0.2) is 55.0 Å². The molecule has 0 bridgehead atoms. The summed E-state index contributed by atoms with van der Waals surface area (Å²) in [6.07, 6.45) is 5.58. The van der Waals surface area contributed by atoms with Crippen LogP contribution in [0.3, 0.4) is 0 Å². The predicted octanol–water partition coefficient (Wildman–Crippen LogP) is 1.76. The Balaban J connectivity index is 1.30. The van der Waals surface area contributed by atoms with Crippen LogP contribution in [0.4, 0.5) is 11.6 Å². The molecule has 1 saturated heterocycles. The smallest absolute Gasteiger partial charge is 0.245 e. The second-order valence-electron chi connectivity index (χ2n) is 7.64. The topological polar surface area (TPSA) is 106 Å². The van der Waals surface area contributed by atoms with Crippen molar-refractivity contribution in [2.75, 3.05) is 25.0 Å². The molecule has 9 nitrogen and oxygen atoms in total. The van der Waals surface area contributed by atoms with Crippen LogP contribution in [0.1, 0.15) is 11.5 Å². The van der Waals surface area contributed by atoms with Crippen molar-refractivity contribution in [1.29, 1.82) is 0 Å². The summed E-state index contributed by atoms with van der Waals surface area (Å²) in [5.41, 5.74) is 10.3. The first-order valence-electron chi connectivity index (χ1n) is 9.76. The Morgan fingerprint density at radius 1 is 1.17 bits per heavy atom. The third-order valence-electron chi connectivity index (χ3n) is 5.37. The Morgan fingerprint density at radius 3 is 2.67 bits per heavy atom. The lowest BCUT2D eigenvalue weighted by atomic mass is 9.91. The molecule has 152 valence electrons. The van der Waals surface area contributed by atoms with Gasteiger partial charge in [-0.25, -0.2) is 9.50 Å². The summed E-state index contributed by atoms with van der Waals surface area (Å²) in [6, 6.07) is 12.3. The van der Waals surface area contributed by atoms with E-state index in [0.29, 0.717) is 18.4 Å². The quantitative estimate of drug-likeness (QED) is 0.509. The molecule has 1 aliphatic heterocycles. The lowest BCUT2D eigenvalue weighted by Crippen LogP contribution is -2.48. The molecule has 1 aromatic carbocycles. The molecular formula is C21H22N8O. The Labute approximate surface area is 173 Å². The molecule has 30 heavy (non-hydrogen) atoms. The molecule has 0 spiro atoms. The number of likely N-dealkylation sites (tertiary alicyclic amines) is 1. The van der Waals surface area contributed by atoms with Crippen LogP contribution in [0.25, 0.3) is 16.8 Å². The average molecular weight is 402 g/mol. The van der Waals surface area contributed by atoms with Crippen molar-refractivity contribution in [2.24, 2.45) is 12.8 Å². The number of fused-ring (bicyclic) bond motifs is 1. The van der Waals surface area contributed by atoms with Crippen LogP contribution >= 0.6 is 0 Å². The van der Waals surface area contributed by atoms with Gasteiger partial charge < -0.3 is 11.1 Å². The van der Waals surface area contributed by atoms with Gasteiger partial charge in [-0.3, -0.25) is 14.4 Å². The number of nitrogens with zero attached hydrogens (tertiary/aromatic N) is 6. The molecule has 1 aliphatic rings. The molecule has 0 atom stereocenters. The van der Waals surface area contributed by atoms with Crippen molar-refractivity contribution in [2.45, 2.75) is 5.92 Å². The van der Waals surface area contributed by atoms with Gasteiger partial charge in [-0.15, -0.1) is 5.10 Å². The maximum atomic E-state index is 11.0. The number of nitrogens with two attached hydrogens (primary N) is 1. The molecule has 0 saturated carbocycles. The molecule has 0 radical (unpaired) electrons. The number of anilines is 2. The molecule has 0 aliphatic carbocycles. The summed E-state index contributed by atoms with van der Waals surface area (Å²) in [5, 5.41) is 12.2. The number of nitrogens with one attached hydrogen (secondary N) is 1. The minimum Gasteiger partial charge on any atom is -0.369 e. The number of amides is 1. The molecule has 0 unspecified atom stereocenters. The van der Waals surface area contributed by atoms with Gasteiger partial charge in [-0.1, -0.05) is 12.1 Å². The first-order chi connectivity index (χ1) is 14.5. The summed E-state index contributed by atoms with van der Waals surface area (Å²) < 4.78 is 3.63. The fraction of sp³-hybridized carbons (Fsp3) is 0.238. The molecule has 1 amide bonds. The highest BCUT2D eigenvalue weighted by atomic mass is 16.1.